The monoisotopic (exact) mass is 293 g/mol. The highest BCUT2D eigenvalue weighted by Crippen LogP contribution is 2.47. The highest BCUT2D eigenvalue weighted by Gasteiger charge is 2.46. The Labute approximate surface area is 130 Å². The Morgan fingerprint density at radius 2 is 1.68 bits per heavy atom. The maximum atomic E-state index is 12.9. The van der Waals surface area contributed by atoms with Crippen LogP contribution in [0.1, 0.15) is 34.3 Å². The van der Waals surface area contributed by atoms with Crippen molar-refractivity contribution in [3.05, 3.63) is 70.8 Å². The van der Waals surface area contributed by atoms with Crippen LogP contribution in [0.3, 0.4) is 0 Å². The predicted molar refractivity (Wildman–Crippen MR) is 85.0 cm³/mol. The van der Waals surface area contributed by atoms with E-state index in [0.717, 1.165) is 17.5 Å². The van der Waals surface area contributed by atoms with E-state index in [1.54, 1.807) is 0 Å². The van der Waals surface area contributed by atoms with Crippen molar-refractivity contribution < 1.29 is 9.53 Å². The quantitative estimate of drug-likeness (QED) is 0.925. The molecule has 0 aromatic heterocycles. The number of ketones is 1. The molecule has 112 valence electrons. The van der Waals surface area contributed by atoms with Crippen LogP contribution >= 0.6 is 0 Å². The summed E-state index contributed by atoms with van der Waals surface area (Å²) in [5.41, 5.74) is 4.80. The zero-order chi connectivity index (χ0) is 15.1. The van der Waals surface area contributed by atoms with Gasteiger partial charge in [0.25, 0.3) is 0 Å². The average molecular weight is 293 g/mol. The van der Waals surface area contributed by atoms with E-state index in [1.165, 1.54) is 11.1 Å². The second-order valence-electron chi connectivity index (χ2n) is 6.06. The van der Waals surface area contributed by atoms with Crippen LogP contribution in [0.15, 0.2) is 48.5 Å². The number of nitrogens with one attached hydrogen (secondary N) is 1. The fourth-order valence-electron chi connectivity index (χ4n) is 3.75. The number of carbonyl (C=O) groups excluding carboxylic acids is 1. The molecule has 1 heterocycles. The minimum absolute atomic E-state index is 0.161. The molecule has 0 saturated carbocycles. The van der Waals surface area contributed by atoms with Crippen LogP contribution in [0.4, 0.5) is 0 Å². The molecule has 1 saturated heterocycles. The number of rotatable bonds is 2. The first-order chi connectivity index (χ1) is 10.8. The van der Waals surface area contributed by atoms with Crippen LogP contribution in [0.5, 0.6) is 0 Å². The van der Waals surface area contributed by atoms with E-state index < -0.39 is 0 Å². The van der Waals surface area contributed by atoms with Gasteiger partial charge in [-0.05, 0) is 35.7 Å². The minimum atomic E-state index is -0.362. The summed E-state index contributed by atoms with van der Waals surface area (Å²) in [6.07, 6.45) is 0.345. The van der Waals surface area contributed by atoms with Crippen molar-refractivity contribution in [3.63, 3.8) is 0 Å². The van der Waals surface area contributed by atoms with E-state index in [1.807, 2.05) is 25.2 Å². The Balaban J connectivity index is 1.89. The van der Waals surface area contributed by atoms with E-state index in [9.17, 15) is 4.79 Å². The van der Waals surface area contributed by atoms with Gasteiger partial charge < -0.3 is 10.1 Å². The van der Waals surface area contributed by atoms with Gasteiger partial charge in [0.1, 0.15) is 6.10 Å². The van der Waals surface area contributed by atoms with Gasteiger partial charge >= 0.3 is 0 Å². The lowest BCUT2D eigenvalue weighted by atomic mass is 9.86. The maximum absolute atomic E-state index is 12.9. The van der Waals surface area contributed by atoms with Crippen molar-refractivity contribution in [2.45, 2.75) is 24.5 Å². The first kappa shape index (κ1) is 13.7. The average Bonchev–Trinajstić information content (AvgIpc) is 2.78. The molecule has 1 aliphatic carbocycles. The second-order valence-corrected chi connectivity index (χ2v) is 6.06. The van der Waals surface area contributed by atoms with Gasteiger partial charge in [0.15, 0.2) is 5.78 Å². The van der Waals surface area contributed by atoms with Crippen molar-refractivity contribution in [1.82, 2.24) is 5.32 Å². The van der Waals surface area contributed by atoms with Crippen molar-refractivity contribution >= 4 is 5.78 Å². The second kappa shape index (κ2) is 5.34. The molecule has 2 aromatic carbocycles. The molecule has 3 atom stereocenters. The van der Waals surface area contributed by atoms with Crippen LogP contribution in [-0.4, -0.2) is 25.5 Å². The zero-order valence-electron chi connectivity index (χ0n) is 12.6. The van der Waals surface area contributed by atoms with E-state index in [0.29, 0.717) is 6.54 Å². The third-order valence-corrected chi connectivity index (χ3v) is 4.76. The normalized spacial score (nSPS) is 26.0. The molecule has 4 rings (SSSR count). The molecule has 0 radical (unpaired) electrons. The summed E-state index contributed by atoms with van der Waals surface area (Å²) >= 11 is 0. The van der Waals surface area contributed by atoms with Gasteiger partial charge in [-0.25, -0.2) is 0 Å². The molecule has 1 aliphatic heterocycles. The van der Waals surface area contributed by atoms with E-state index in [2.05, 4.69) is 35.6 Å². The summed E-state index contributed by atoms with van der Waals surface area (Å²) in [7, 11) is 1.85. The number of hydrogen-bond donors (Lipinski definition) is 1. The summed E-state index contributed by atoms with van der Waals surface area (Å²) < 4.78 is 6.17. The Hall–Kier alpha value is -1.97. The molecule has 2 aliphatic rings. The highest BCUT2D eigenvalue weighted by molar-refractivity contribution is 5.93. The molecule has 22 heavy (non-hydrogen) atoms. The van der Waals surface area contributed by atoms with Gasteiger partial charge in [-0.2, -0.15) is 0 Å². The summed E-state index contributed by atoms with van der Waals surface area (Å²) in [6, 6.07) is 16.6. The van der Waals surface area contributed by atoms with Crippen molar-refractivity contribution in [1.29, 1.82) is 0 Å². The number of hydrogen-bond acceptors (Lipinski definition) is 3. The van der Waals surface area contributed by atoms with Gasteiger partial charge in [0.05, 0.1) is 12.0 Å². The fourth-order valence-corrected chi connectivity index (χ4v) is 3.75. The number of likely N-dealkylation sites (N-methyl/N-ethyl adjacent to an activating group) is 1. The first-order valence-corrected chi connectivity index (χ1v) is 7.79. The smallest absolute Gasteiger partial charge is 0.173 e. The molecule has 1 fully saturated rings. The van der Waals surface area contributed by atoms with Crippen molar-refractivity contribution in [3.8, 4) is 0 Å². The molecule has 2 aromatic rings. The van der Waals surface area contributed by atoms with Crippen molar-refractivity contribution in [2.75, 3.05) is 13.6 Å². The Bertz CT molecular complexity index is 725. The molecule has 0 spiro atoms. The Morgan fingerprint density at radius 3 is 2.41 bits per heavy atom. The molecular weight excluding hydrogens is 274 g/mol. The fraction of sp³-hybridized carbons (Fsp3) is 0.316. The predicted octanol–water partition coefficient (Wildman–Crippen LogP) is 2.60. The summed E-state index contributed by atoms with van der Waals surface area (Å²) in [6.45, 7) is 0.566. The van der Waals surface area contributed by atoms with Crippen LogP contribution in [-0.2, 0) is 16.0 Å². The molecule has 1 N–H and O–H groups in total. The SMILES string of the molecule is CNCC1OC2c3ccccc3Cc3ccccc3C2C1=O. The van der Waals surface area contributed by atoms with Crippen LogP contribution in [0, 0.1) is 0 Å². The zero-order valence-corrected chi connectivity index (χ0v) is 12.6. The molecule has 3 heteroatoms. The third kappa shape index (κ3) is 2.01. The lowest BCUT2D eigenvalue weighted by Crippen LogP contribution is -2.30. The Morgan fingerprint density at radius 1 is 1.05 bits per heavy atom. The van der Waals surface area contributed by atoms with Crippen LogP contribution < -0.4 is 5.32 Å². The van der Waals surface area contributed by atoms with Gasteiger partial charge in [-0.3, -0.25) is 4.79 Å². The van der Waals surface area contributed by atoms with Gasteiger partial charge in [-0.15, -0.1) is 0 Å². The number of Topliss-reactive ketones (excluding diaryl/α,β-unsaturated/α-hetero) is 1. The van der Waals surface area contributed by atoms with E-state index in [4.69, 9.17) is 4.74 Å². The lowest BCUT2D eigenvalue weighted by molar-refractivity contribution is -0.123. The summed E-state index contributed by atoms with van der Waals surface area (Å²) in [4.78, 5) is 12.9. The van der Waals surface area contributed by atoms with Gasteiger partial charge in [0, 0.05) is 6.54 Å². The largest absolute Gasteiger partial charge is 0.360 e. The van der Waals surface area contributed by atoms with Crippen LogP contribution in [0.25, 0.3) is 0 Å². The number of benzene rings is 2. The Kier molecular flexibility index (Phi) is 3.32. The summed E-state index contributed by atoms with van der Waals surface area (Å²) in [5.74, 6) is 0.0155. The standard InChI is InChI=1S/C19H19NO2/c1-20-11-16-18(21)17-14-8-4-2-6-12(14)10-13-7-3-5-9-15(13)19(17)22-16/h2-9,16-17,19-20H,10-11H2,1H3. The van der Waals surface area contributed by atoms with Gasteiger partial charge in [0.2, 0.25) is 0 Å². The first-order valence-electron chi connectivity index (χ1n) is 7.79. The van der Waals surface area contributed by atoms with E-state index >= 15 is 0 Å². The third-order valence-electron chi connectivity index (χ3n) is 4.76. The van der Waals surface area contributed by atoms with Crippen molar-refractivity contribution in [2.24, 2.45) is 0 Å². The number of carbonyl (C=O) groups is 1. The summed E-state index contributed by atoms with van der Waals surface area (Å²) in [5, 5.41) is 3.07. The molecule has 3 nitrogen and oxygen atoms in total. The highest BCUT2D eigenvalue weighted by atomic mass is 16.5. The van der Waals surface area contributed by atoms with Gasteiger partial charge in [-0.1, -0.05) is 48.5 Å². The topological polar surface area (TPSA) is 38.3 Å². The van der Waals surface area contributed by atoms with Crippen LogP contribution in [0.2, 0.25) is 0 Å². The van der Waals surface area contributed by atoms with E-state index in [-0.39, 0.29) is 23.9 Å². The molecule has 0 bridgehead atoms. The lowest BCUT2D eigenvalue weighted by Gasteiger charge is -2.17. The molecule has 3 unspecified atom stereocenters. The minimum Gasteiger partial charge on any atom is -0.360 e. The molecule has 0 amide bonds. The molecular formula is C19H19NO2. The number of fused-ring (bicyclic) bond motifs is 5. The number of ether oxygens (including phenoxy) is 1. The maximum Gasteiger partial charge on any atom is 0.173 e.